The summed E-state index contributed by atoms with van der Waals surface area (Å²) in [7, 11) is -1.34. The molecule has 0 amide bonds. The Morgan fingerprint density at radius 2 is 0.919 bits per heavy atom. The standard InChI is InChI=1S/C35H27NSi/c1-37(2,3)28-14-12-22(13-15-28)27-18-31-29-16-23-8-4-6-10-25(23)20-33(29)36-34-21-26-11-7-5-9-24(26)17-30(34)32(19-27)35(31)36/h4-21H,1-3H3. The van der Waals surface area contributed by atoms with Crippen molar-refractivity contribution < 1.29 is 0 Å². The molecule has 37 heavy (non-hydrogen) atoms. The molecule has 0 N–H and O–H groups in total. The highest BCUT2D eigenvalue weighted by Crippen LogP contribution is 2.43. The van der Waals surface area contributed by atoms with Gasteiger partial charge in [-0.1, -0.05) is 97.6 Å². The van der Waals surface area contributed by atoms with Crippen molar-refractivity contribution >= 4 is 72.9 Å². The summed E-state index contributed by atoms with van der Waals surface area (Å²) >= 11 is 0. The Labute approximate surface area is 216 Å². The molecule has 2 heterocycles. The van der Waals surface area contributed by atoms with Crippen molar-refractivity contribution in [1.29, 1.82) is 0 Å². The molecule has 6 aromatic carbocycles. The number of rotatable bonds is 2. The maximum absolute atomic E-state index is 2.51. The highest BCUT2D eigenvalue weighted by Gasteiger charge is 2.21. The molecular formula is C35H27NSi. The Hall–Kier alpha value is -4.14. The molecule has 0 unspecified atom stereocenters. The zero-order chi connectivity index (χ0) is 24.9. The molecule has 0 saturated heterocycles. The topological polar surface area (TPSA) is 4.41 Å². The van der Waals surface area contributed by atoms with Crippen LogP contribution in [0.3, 0.4) is 0 Å². The maximum atomic E-state index is 2.51. The lowest BCUT2D eigenvalue weighted by atomic mass is 9.98. The van der Waals surface area contributed by atoms with Crippen molar-refractivity contribution in [2.24, 2.45) is 0 Å². The summed E-state index contributed by atoms with van der Waals surface area (Å²) in [6, 6.07) is 41.2. The summed E-state index contributed by atoms with van der Waals surface area (Å²) in [5.74, 6) is 0. The van der Waals surface area contributed by atoms with E-state index in [9.17, 15) is 0 Å². The Kier molecular flexibility index (Phi) is 4.09. The highest BCUT2D eigenvalue weighted by molar-refractivity contribution is 6.88. The van der Waals surface area contributed by atoms with E-state index in [0.717, 1.165) is 0 Å². The molecule has 0 bridgehead atoms. The molecule has 0 fully saturated rings. The normalized spacial score (nSPS) is 12.7. The van der Waals surface area contributed by atoms with Crippen LogP contribution in [0.2, 0.25) is 19.6 Å². The van der Waals surface area contributed by atoms with Crippen LogP contribution >= 0.6 is 0 Å². The fraction of sp³-hybridized carbons (Fsp3) is 0.0857. The van der Waals surface area contributed by atoms with Gasteiger partial charge in [-0.05, 0) is 69.1 Å². The molecule has 0 radical (unpaired) electrons. The van der Waals surface area contributed by atoms with Crippen LogP contribution in [0.4, 0.5) is 0 Å². The molecule has 1 nitrogen and oxygen atoms in total. The first-order valence-electron chi connectivity index (χ1n) is 13.1. The number of nitrogens with zero attached hydrogens (tertiary/aromatic N) is 1. The SMILES string of the molecule is C[Si](C)(C)c1ccc(-c2cc3c4cc5ccccc5cc4n4c5cc6ccccc6cc5c(c2)c34)cc1. The number of hydrogen-bond donors (Lipinski definition) is 0. The van der Waals surface area contributed by atoms with E-state index in [0.29, 0.717) is 0 Å². The monoisotopic (exact) mass is 489 g/mol. The molecule has 0 spiro atoms. The predicted molar refractivity (Wildman–Crippen MR) is 165 cm³/mol. The van der Waals surface area contributed by atoms with E-state index in [1.807, 2.05) is 0 Å². The first kappa shape index (κ1) is 21.0. The lowest BCUT2D eigenvalue weighted by Crippen LogP contribution is -2.37. The molecule has 8 rings (SSSR count). The number of benzene rings is 6. The molecule has 0 aliphatic carbocycles. The van der Waals surface area contributed by atoms with E-state index in [4.69, 9.17) is 0 Å². The van der Waals surface area contributed by atoms with Gasteiger partial charge in [-0.25, -0.2) is 0 Å². The summed E-state index contributed by atoms with van der Waals surface area (Å²) in [4.78, 5) is 0. The van der Waals surface area contributed by atoms with E-state index in [1.165, 1.54) is 76.0 Å². The van der Waals surface area contributed by atoms with Crippen molar-refractivity contribution in [3.63, 3.8) is 0 Å². The van der Waals surface area contributed by atoms with Gasteiger partial charge >= 0.3 is 0 Å². The van der Waals surface area contributed by atoms with Gasteiger partial charge in [0.05, 0.1) is 24.6 Å². The molecule has 0 saturated carbocycles. The van der Waals surface area contributed by atoms with E-state index in [2.05, 4.69) is 133 Å². The largest absolute Gasteiger partial charge is 0.308 e. The van der Waals surface area contributed by atoms with Gasteiger partial charge < -0.3 is 4.40 Å². The molecule has 8 aromatic rings. The highest BCUT2D eigenvalue weighted by atomic mass is 28.3. The van der Waals surface area contributed by atoms with Gasteiger partial charge in [0, 0.05) is 21.5 Å². The van der Waals surface area contributed by atoms with Crippen LogP contribution in [-0.2, 0) is 0 Å². The smallest absolute Gasteiger partial charge is 0.0775 e. The van der Waals surface area contributed by atoms with Crippen LogP contribution < -0.4 is 5.19 Å². The third-order valence-corrected chi connectivity index (χ3v) is 10.3. The lowest BCUT2D eigenvalue weighted by molar-refractivity contribution is 1.38. The molecular weight excluding hydrogens is 462 g/mol. The second-order valence-electron chi connectivity index (χ2n) is 11.5. The average molecular weight is 490 g/mol. The van der Waals surface area contributed by atoms with Crippen LogP contribution in [-0.4, -0.2) is 12.5 Å². The van der Waals surface area contributed by atoms with Gasteiger partial charge in [-0.3, -0.25) is 0 Å². The Morgan fingerprint density at radius 1 is 0.459 bits per heavy atom. The van der Waals surface area contributed by atoms with Crippen LogP contribution in [0.15, 0.2) is 109 Å². The Bertz CT molecular complexity index is 2030. The fourth-order valence-electron chi connectivity index (χ4n) is 6.24. The zero-order valence-corrected chi connectivity index (χ0v) is 22.3. The summed E-state index contributed by atoms with van der Waals surface area (Å²) in [5, 5.41) is 12.0. The molecule has 2 aromatic heterocycles. The quantitative estimate of drug-likeness (QED) is 0.213. The maximum Gasteiger partial charge on any atom is 0.0775 e. The summed E-state index contributed by atoms with van der Waals surface area (Å²) < 4.78 is 2.51. The zero-order valence-electron chi connectivity index (χ0n) is 21.3. The third kappa shape index (κ3) is 2.97. The third-order valence-electron chi connectivity index (χ3n) is 8.21. The van der Waals surface area contributed by atoms with E-state index >= 15 is 0 Å². The molecule has 0 atom stereocenters. The summed E-state index contributed by atoms with van der Waals surface area (Å²) in [5.41, 5.74) is 6.48. The van der Waals surface area contributed by atoms with Crippen LogP contribution in [0, 0.1) is 0 Å². The Balaban J connectivity index is 1.54. The fourth-order valence-corrected chi connectivity index (χ4v) is 7.41. The van der Waals surface area contributed by atoms with Gasteiger partial charge in [0.15, 0.2) is 0 Å². The number of hydrogen-bond acceptors (Lipinski definition) is 0. The first-order valence-corrected chi connectivity index (χ1v) is 16.6. The second-order valence-corrected chi connectivity index (χ2v) is 16.6. The number of fused-ring (bicyclic) bond motifs is 8. The summed E-state index contributed by atoms with van der Waals surface area (Å²) in [6.45, 7) is 7.24. The minimum Gasteiger partial charge on any atom is -0.308 e. The van der Waals surface area contributed by atoms with E-state index in [-0.39, 0.29) is 0 Å². The van der Waals surface area contributed by atoms with Crippen molar-refractivity contribution in [1.82, 2.24) is 4.40 Å². The lowest BCUT2D eigenvalue weighted by Gasteiger charge is -2.17. The van der Waals surface area contributed by atoms with Crippen molar-refractivity contribution in [2.75, 3.05) is 0 Å². The van der Waals surface area contributed by atoms with Crippen molar-refractivity contribution in [3.8, 4) is 11.1 Å². The molecule has 0 aliphatic heterocycles. The minimum absolute atomic E-state index is 1.28. The second kappa shape index (κ2) is 7.21. The summed E-state index contributed by atoms with van der Waals surface area (Å²) in [6.07, 6.45) is 0. The minimum atomic E-state index is -1.34. The van der Waals surface area contributed by atoms with Gasteiger partial charge in [0.2, 0.25) is 0 Å². The molecule has 0 aliphatic rings. The van der Waals surface area contributed by atoms with E-state index in [1.54, 1.807) is 0 Å². The molecule has 176 valence electrons. The van der Waals surface area contributed by atoms with Crippen LogP contribution in [0.5, 0.6) is 0 Å². The van der Waals surface area contributed by atoms with Gasteiger partial charge in [0.25, 0.3) is 0 Å². The van der Waals surface area contributed by atoms with Crippen LogP contribution in [0.25, 0.3) is 70.8 Å². The molecule has 2 heteroatoms. The average Bonchev–Trinajstić information content (AvgIpc) is 3.40. The predicted octanol–water partition coefficient (Wildman–Crippen LogP) is 9.36. The van der Waals surface area contributed by atoms with Crippen molar-refractivity contribution in [2.45, 2.75) is 19.6 Å². The number of aromatic nitrogens is 1. The van der Waals surface area contributed by atoms with Gasteiger partial charge in [0.1, 0.15) is 0 Å². The first-order chi connectivity index (χ1) is 18.0. The van der Waals surface area contributed by atoms with Gasteiger partial charge in [-0.2, -0.15) is 0 Å². The van der Waals surface area contributed by atoms with Crippen molar-refractivity contribution in [3.05, 3.63) is 109 Å². The van der Waals surface area contributed by atoms with Crippen LogP contribution in [0.1, 0.15) is 0 Å². The Morgan fingerprint density at radius 3 is 1.38 bits per heavy atom. The van der Waals surface area contributed by atoms with Gasteiger partial charge in [-0.15, -0.1) is 0 Å². The van der Waals surface area contributed by atoms with E-state index < -0.39 is 8.07 Å².